The van der Waals surface area contributed by atoms with Gasteiger partial charge in [0.15, 0.2) is 0 Å². The number of hydrogen-bond acceptors (Lipinski definition) is 4. The number of ether oxygens (including phenoxy) is 1. The first-order valence-electron chi connectivity index (χ1n) is 9.31. The molecular weight excluding hydrogens is 416 g/mol. The highest BCUT2D eigenvalue weighted by atomic mass is 35.5. The van der Waals surface area contributed by atoms with E-state index >= 15 is 0 Å². The number of rotatable bonds is 7. The maximum atomic E-state index is 14.3. The third-order valence-electron chi connectivity index (χ3n) is 4.92. The summed E-state index contributed by atoms with van der Waals surface area (Å²) < 4.78 is 19.8. The first-order chi connectivity index (χ1) is 13.0. The summed E-state index contributed by atoms with van der Waals surface area (Å²) in [6.07, 6.45) is 2.16. The summed E-state index contributed by atoms with van der Waals surface area (Å²) >= 11 is 0. The van der Waals surface area contributed by atoms with Crippen LogP contribution in [0.3, 0.4) is 0 Å². The molecule has 0 radical (unpaired) electrons. The van der Waals surface area contributed by atoms with Crippen LogP contribution in [0.15, 0.2) is 48.5 Å². The van der Waals surface area contributed by atoms with Crippen molar-refractivity contribution in [3.63, 3.8) is 0 Å². The standard InChI is InChI=1S/C21H26FN3O2.2ClH/c1-14(20(23)15-6-3-2-4-7-15)21(26)25-16-9-10-19(18(22)12-16)24-13-17-8-5-11-27-17;;/h2-4,6-7,9-10,12,14,17,20,24H,5,8,11,13,23H2,1H3,(H,25,26);2*1H. The van der Waals surface area contributed by atoms with Gasteiger partial charge in [0.1, 0.15) is 5.82 Å². The summed E-state index contributed by atoms with van der Waals surface area (Å²) in [5.41, 5.74) is 7.89. The number of carbonyl (C=O) groups excluding carboxylic acids is 1. The Hall–Kier alpha value is -1.86. The van der Waals surface area contributed by atoms with Crippen LogP contribution in [0.4, 0.5) is 15.8 Å². The summed E-state index contributed by atoms with van der Waals surface area (Å²) in [5.74, 6) is -1.11. The topological polar surface area (TPSA) is 76.4 Å². The third-order valence-corrected chi connectivity index (χ3v) is 4.92. The normalized spacial score (nSPS) is 17.4. The molecule has 4 N–H and O–H groups in total. The van der Waals surface area contributed by atoms with Crippen molar-refractivity contribution in [2.75, 3.05) is 23.8 Å². The smallest absolute Gasteiger partial charge is 0.229 e. The van der Waals surface area contributed by atoms with Gasteiger partial charge in [0.2, 0.25) is 5.91 Å². The van der Waals surface area contributed by atoms with Crippen LogP contribution in [-0.2, 0) is 9.53 Å². The van der Waals surface area contributed by atoms with Crippen molar-refractivity contribution in [3.8, 4) is 0 Å². The van der Waals surface area contributed by atoms with E-state index in [1.165, 1.54) is 6.07 Å². The molecule has 160 valence electrons. The molecule has 1 aliphatic heterocycles. The number of nitrogens with two attached hydrogens (primary N) is 1. The summed E-state index contributed by atoms with van der Waals surface area (Å²) in [6.45, 7) is 3.11. The molecule has 5 nitrogen and oxygen atoms in total. The Morgan fingerprint density at radius 3 is 2.59 bits per heavy atom. The van der Waals surface area contributed by atoms with Gasteiger partial charge in [-0.2, -0.15) is 0 Å². The predicted molar refractivity (Wildman–Crippen MR) is 120 cm³/mol. The van der Waals surface area contributed by atoms with E-state index in [4.69, 9.17) is 10.5 Å². The first-order valence-corrected chi connectivity index (χ1v) is 9.31. The van der Waals surface area contributed by atoms with Crippen LogP contribution in [0.2, 0.25) is 0 Å². The predicted octanol–water partition coefficient (Wildman–Crippen LogP) is 4.53. The van der Waals surface area contributed by atoms with E-state index in [0.717, 1.165) is 25.0 Å². The highest BCUT2D eigenvalue weighted by Crippen LogP contribution is 2.23. The molecule has 1 aliphatic rings. The van der Waals surface area contributed by atoms with Crippen LogP contribution in [0.25, 0.3) is 0 Å². The van der Waals surface area contributed by atoms with Crippen molar-refractivity contribution in [2.45, 2.75) is 31.9 Å². The maximum absolute atomic E-state index is 14.3. The number of amides is 1. The van der Waals surface area contributed by atoms with Gasteiger partial charge in [-0.05, 0) is 36.6 Å². The third kappa shape index (κ3) is 6.85. The number of anilines is 2. The highest BCUT2D eigenvalue weighted by molar-refractivity contribution is 5.93. The van der Waals surface area contributed by atoms with Crippen molar-refractivity contribution in [1.82, 2.24) is 0 Å². The van der Waals surface area contributed by atoms with Crippen LogP contribution in [-0.4, -0.2) is 25.2 Å². The molecule has 0 bridgehead atoms. The van der Waals surface area contributed by atoms with Crippen molar-refractivity contribution in [1.29, 1.82) is 0 Å². The van der Waals surface area contributed by atoms with E-state index in [-0.39, 0.29) is 36.8 Å². The number of carbonyl (C=O) groups is 1. The fraction of sp³-hybridized carbons (Fsp3) is 0.381. The van der Waals surface area contributed by atoms with Crippen LogP contribution in [0.1, 0.15) is 31.4 Å². The minimum Gasteiger partial charge on any atom is -0.380 e. The fourth-order valence-corrected chi connectivity index (χ4v) is 3.15. The fourth-order valence-electron chi connectivity index (χ4n) is 3.15. The Balaban J connectivity index is 0.00000210. The highest BCUT2D eigenvalue weighted by Gasteiger charge is 2.22. The molecule has 1 heterocycles. The van der Waals surface area contributed by atoms with Crippen molar-refractivity contribution >= 4 is 42.1 Å². The van der Waals surface area contributed by atoms with Crippen LogP contribution < -0.4 is 16.4 Å². The lowest BCUT2D eigenvalue weighted by molar-refractivity contribution is -0.120. The Morgan fingerprint density at radius 1 is 1.24 bits per heavy atom. The van der Waals surface area contributed by atoms with E-state index < -0.39 is 17.8 Å². The average Bonchev–Trinajstić information content (AvgIpc) is 3.20. The Kier molecular flexibility index (Phi) is 10.4. The molecule has 2 aromatic rings. The number of hydrogen-bond donors (Lipinski definition) is 3. The van der Waals surface area contributed by atoms with Crippen molar-refractivity contribution < 1.29 is 13.9 Å². The van der Waals surface area contributed by atoms with Crippen LogP contribution >= 0.6 is 24.8 Å². The number of halogens is 3. The zero-order valence-electron chi connectivity index (χ0n) is 16.3. The summed E-state index contributed by atoms with van der Waals surface area (Å²) in [7, 11) is 0. The SMILES string of the molecule is CC(C(=O)Nc1ccc(NCC2CCCO2)c(F)c1)C(N)c1ccccc1.Cl.Cl. The van der Waals surface area contributed by atoms with Gasteiger partial charge >= 0.3 is 0 Å². The maximum Gasteiger partial charge on any atom is 0.229 e. The second-order valence-corrected chi connectivity index (χ2v) is 6.92. The van der Waals surface area contributed by atoms with Gasteiger partial charge in [0, 0.05) is 24.9 Å². The molecule has 0 aromatic heterocycles. The van der Waals surface area contributed by atoms with E-state index in [9.17, 15) is 9.18 Å². The minimum absolute atomic E-state index is 0. The number of nitrogens with one attached hydrogen (secondary N) is 2. The van der Waals surface area contributed by atoms with Gasteiger partial charge < -0.3 is 21.1 Å². The Morgan fingerprint density at radius 2 is 1.97 bits per heavy atom. The molecule has 0 spiro atoms. The molecule has 3 atom stereocenters. The first kappa shape index (κ1) is 25.2. The molecule has 29 heavy (non-hydrogen) atoms. The number of benzene rings is 2. The Bertz CT molecular complexity index is 774. The second-order valence-electron chi connectivity index (χ2n) is 6.92. The van der Waals surface area contributed by atoms with Gasteiger partial charge in [-0.15, -0.1) is 24.8 Å². The molecule has 2 aromatic carbocycles. The van der Waals surface area contributed by atoms with Gasteiger partial charge in [0.05, 0.1) is 17.7 Å². The van der Waals surface area contributed by atoms with Gasteiger partial charge in [-0.1, -0.05) is 37.3 Å². The molecule has 0 aliphatic carbocycles. The second kappa shape index (κ2) is 12.0. The van der Waals surface area contributed by atoms with Gasteiger partial charge in [-0.3, -0.25) is 4.79 Å². The lowest BCUT2D eigenvalue weighted by atomic mass is 9.94. The molecule has 1 amide bonds. The van der Waals surface area contributed by atoms with E-state index in [1.807, 2.05) is 30.3 Å². The molecule has 1 saturated heterocycles. The van der Waals surface area contributed by atoms with E-state index in [2.05, 4.69) is 10.6 Å². The molecule has 0 saturated carbocycles. The molecule has 3 rings (SSSR count). The van der Waals surface area contributed by atoms with Crippen molar-refractivity contribution in [3.05, 3.63) is 59.9 Å². The molecular formula is C21H28Cl2FN3O2. The minimum atomic E-state index is -0.451. The largest absolute Gasteiger partial charge is 0.380 e. The molecule has 3 unspecified atom stereocenters. The summed E-state index contributed by atoms with van der Waals surface area (Å²) in [4.78, 5) is 12.5. The van der Waals surface area contributed by atoms with Gasteiger partial charge in [0.25, 0.3) is 0 Å². The van der Waals surface area contributed by atoms with E-state index in [0.29, 0.717) is 17.9 Å². The van der Waals surface area contributed by atoms with Crippen molar-refractivity contribution in [2.24, 2.45) is 11.7 Å². The lowest BCUT2D eigenvalue weighted by Crippen LogP contribution is -2.30. The average molecular weight is 444 g/mol. The van der Waals surface area contributed by atoms with Crippen LogP contribution in [0, 0.1) is 11.7 Å². The molecule has 1 fully saturated rings. The monoisotopic (exact) mass is 443 g/mol. The summed E-state index contributed by atoms with van der Waals surface area (Å²) in [5, 5.41) is 5.81. The molecule has 8 heteroatoms. The zero-order valence-corrected chi connectivity index (χ0v) is 17.9. The Labute approximate surface area is 183 Å². The van der Waals surface area contributed by atoms with Crippen LogP contribution in [0.5, 0.6) is 0 Å². The lowest BCUT2D eigenvalue weighted by Gasteiger charge is -2.20. The van der Waals surface area contributed by atoms with E-state index in [1.54, 1.807) is 19.1 Å². The van der Waals surface area contributed by atoms with Gasteiger partial charge in [-0.25, -0.2) is 4.39 Å². The zero-order chi connectivity index (χ0) is 19.2. The quantitative estimate of drug-likeness (QED) is 0.587. The summed E-state index contributed by atoms with van der Waals surface area (Å²) in [6, 6.07) is 13.7.